The minimum atomic E-state index is -0.216. The molecule has 0 unspecified atom stereocenters. The molecule has 2 aromatic heterocycles. The highest BCUT2D eigenvalue weighted by molar-refractivity contribution is 7.12. The molecule has 0 spiro atoms. The number of hydrogen-bond donors (Lipinski definition) is 2. The fourth-order valence-corrected chi connectivity index (χ4v) is 2.58. The molecular formula is C16H14N4OS. The smallest absolute Gasteiger partial charge is 0.277 e. The van der Waals surface area contributed by atoms with Gasteiger partial charge in [-0.3, -0.25) is 9.89 Å². The molecule has 2 heterocycles. The molecule has 6 heteroatoms. The first-order valence-electron chi connectivity index (χ1n) is 6.71. The van der Waals surface area contributed by atoms with E-state index in [2.05, 4.69) is 20.7 Å². The largest absolute Gasteiger partial charge is 0.281 e. The van der Waals surface area contributed by atoms with E-state index in [1.54, 1.807) is 18.5 Å². The van der Waals surface area contributed by atoms with Crippen molar-refractivity contribution in [2.75, 3.05) is 0 Å². The molecule has 3 rings (SSSR count). The summed E-state index contributed by atoms with van der Waals surface area (Å²) in [5.74, 6) is -0.216. The molecule has 0 radical (unpaired) electrons. The van der Waals surface area contributed by atoms with Crippen LogP contribution < -0.4 is 5.43 Å². The number of thiophene rings is 1. The van der Waals surface area contributed by atoms with Gasteiger partial charge in [0.25, 0.3) is 5.91 Å². The number of hydrazone groups is 1. The van der Waals surface area contributed by atoms with Crippen molar-refractivity contribution < 1.29 is 4.79 Å². The highest BCUT2D eigenvalue weighted by Crippen LogP contribution is 2.20. The quantitative estimate of drug-likeness (QED) is 0.574. The summed E-state index contributed by atoms with van der Waals surface area (Å²) in [5.41, 5.74) is 6.41. The van der Waals surface area contributed by atoms with Gasteiger partial charge in [-0.15, -0.1) is 11.3 Å². The number of benzene rings is 1. The van der Waals surface area contributed by atoms with Gasteiger partial charge in [-0.05, 0) is 18.4 Å². The molecule has 0 fully saturated rings. The third kappa shape index (κ3) is 3.12. The first kappa shape index (κ1) is 14.2. The Bertz CT molecular complexity index is 788. The number of nitrogens with zero attached hydrogens (tertiary/aromatic N) is 2. The van der Waals surface area contributed by atoms with Crippen LogP contribution in [-0.2, 0) is 0 Å². The number of aromatic amines is 1. The van der Waals surface area contributed by atoms with Crippen LogP contribution in [0.5, 0.6) is 0 Å². The van der Waals surface area contributed by atoms with E-state index in [0.717, 1.165) is 16.8 Å². The lowest BCUT2D eigenvalue weighted by Crippen LogP contribution is -2.16. The second-order valence-electron chi connectivity index (χ2n) is 4.74. The monoisotopic (exact) mass is 310 g/mol. The van der Waals surface area contributed by atoms with E-state index in [1.165, 1.54) is 16.9 Å². The number of hydrogen-bond acceptors (Lipinski definition) is 4. The van der Waals surface area contributed by atoms with Gasteiger partial charge in [0.2, 0.25) is 0 Å². The van der Waals surface area contributed by atoms with Gasteiger partial charge < -0.3 is 0 Å². The lowest BCUT2D eigenvalue weighted by atomic mass is 10.1. The number of carbonyl (C=O) groups is 1. The average molecular weight is 310 g/mol. The van der Waals surface area contributed by atoms with Crippen LogP contribution in [0.25, 0.3) is 11.3 Å². The predicted molar refractivity (Wildman–Crippen MR) is 88.1 cm³/mol. The normalized spacial score (nSPS) is 11.0. The van der Waals surface area contributed by atoms with Gasteiger partial charge in [0.1, 0.15) is 0 Å². The highest BCUT2D eigenvalue weighted by atomic mass is 32.1. The third-order valence-electron chi connectivity index (χ3n) is 3.12. The molecule has 1 aromatic carbocycles. The van der Waals surface area contributed by atoms with Gasteiger partial charge >= 0.3 is 0 Å². The van der Waals surface area contributed by atoms with E-state index in [4.69, 9.17) is 0 Å². The van der Waals surface area contributed by atoms with E-state index in [9.17, 15) is 4.79 Å². The second kappa shape index (κ2) is 6.36. The second-order valence-corrected chi connectivity index (χ2v) is 5.69. The van der Waals surface area contributed by atoms with Crippen LogP contribution in [0.2, 0.25) is 0 Å². The number of aryl methyl sites for hydroxylation is 1. The zero-order valence-corrected chi connectivity index (χ0v) is 12.7. The van der Waals surface area contributed by atoms with Gasteiger partial charge in [-0.25, -0.2) is 5.43 Å². The van der Waals surface area contributed by atoms with Crippen LogP contribution in [-0.4, -0.2) is 22.3 Å². The molecule has 1 amide bonds. The first-order chi connectivity index (χ1) is 10.7. The van der Waals surface area contributed by atoms with Gasteiger partial charge in [-0.2, -0.15) is 10.2 Å². The van der Waals surface area contributed by atoms with Crippen LogP contribution in [0.15, 0.2) is 53.1 Å². The summed E-state index contributed by atoms with van der Waals surface area (Å²) in [4.78, 5) is 12.4. The van der Waals surface area contributed by atoms with E-state index >= 15 is 0 Å². The van der Waals surface area contributed by atoms with Crippen molar-refractivity contribution in [3.8, 4) is 11.3 Å². The third-order valence-corrected chi connectivity index (χ3v) is 3.99. The molecule has 22 heavy (non-hydrogen) atoms. The number of rotatable bonds is 4. The lowest BCUT2D eigenvalue weighted by Gasteiger charge is -2.00. The van der Waals surface area contributed by atoms with Crippen molar-refractivity contribution >= 4 is 23.5 Å². The summed E-state index contributed by atoms with van der Waals surface area (Å²) in [5, 5.41) is 12.8. The Kier molecular flexibility index (Phi) is 4.11. The van der Waals surface area contributed by atoms with Crippen molar-refractivity contribution in [1.29, 1.82) is 0 Å². The maximum absolute atomic E-state index is 11.8. The molecule has 0 saturated carbocycles. The molecule has 0 saturated heterocycles. The number of carbonyl (C=O) groups excluding carboxylic acids is 1. The van der Waals surface area contributed by atoms with Gasteiger partial charge in [0, 0.05) is 11.1 Å². The zero-order chi connectivity index (χ0) is 15.4. The average Bonchev–Trinajstić information content (AvgIpc) is 3.19. The van der Waals surface area contributed by atoms with Crippen molar-refractivity contribution in [2.45, 2.75) is 6.92 Å². The van der Waals surface area contributed by atoms with Crippen LogP contribution in [0.4, 0.5) is 0 Å². The standard InChI is InChI=1S/C16H14N4OS/c1-11-4-6-12(7-5-11)15-13(9-17-19-15)10-18-20-16(21)14-3-2-8-22-14/h2-10H,1H3,(H,17,19)(H,20,21)/b18-10-. The maximum atomic E-state index is 11.8. The number of nitrogens with one attached hydrogen (secondary N) is 2. The Labute approximate surface area is 131 Å². The Balaban J connectivity index is 1.74. The van der Waals surface area contributed by atoms with Crippen molar-refractivity contribution in [3.05, 3.63) is 64.0 Å². The minimum Gasteiger partial charge on any atom is -0.277 e. The van der Waals surface area contributed by atoms with E-state index in [1.807, 2.05) is 42.6 Å². The van der Waals surface area contributed by atoms with Gasteiger partial charge in [0.05, 0.1) is 23.0 Å². The first-order valence-corrected chi connectivity index (χ1v) is 7.59. The molecule has 0 aliphatic rings. The topological polar surface area (TPSA) is 70.1 Å². The predicted octanol–water partition coefficient (Wildman–Crippen LogP) is 3.21. The number of H-pyrrole nitrogens is 1. The van der Waals surface area contributed by atoms with Crippen molar-refractivity contribution in [1.82, 2.24) is 15.6 Å². The van der Waals surface area contributed by atoms with E-state index < -0.39 is 0 Å². The molecule has 0 atom stereocenters. The lowest BCUT2D eigenvalue weighted by molar-refractivity contribution is 0.0959. The van der Waals surface area contributed by atoms with Gasteiger partial charge in [-0.1, -0.05) is 35.9 Å². The summed E-state index contributed by atoms with van der Waals surface area (Å²) in [6.45, 7) is 2.04. The number of aromatic nitrogens is 2. The SMILES string of the molecule is Cc1ccc(-c2[nH]ncc2/C=N\NC(=O)c2cccs2)cc1. The molecule has 0 bridgehead atoms. The Morgan fingerprint density at radius 1 is 1.32 bits per heavy atom. The Morgan fingerprint density at radius 3 is 2.86 bits per heavy atom. The van der Waals surface area contributed by atoms with Crippen molar-refractivity contribution in [2.24, 2.45) is 5.10 Å². The van der Waals surface area contributed by atoms with Crippen LogP contribution in [0.3, 0.4) is 0 Å². The van der Waals surface area contributed by atoms with Crippen molar-refractivity contribution in [3.63, 3.8) is 0 Å². The summed E-state index contributed by atoms with van der Waals surface area (Å²) >= 11 is 1.38. The van der Waals surface area contributed by atoms with Crippen LogP contribution >= 0.6 is 11.3 Å². The summed E-state index contributed by atoms with van der Waals surface area (Å²) < 4.78 is 0. The zero-order valence-electron chi connectivity index (χ0n) is 11.9. The summed E-state index contributed by atoms with van der Waals surface area (Å²) in [7, 11) is 0. The fourth-order valence-electron chi connectivity index (χ4n) is 1.97. The van der Waals surface area contributed by atoms with Crippen LogP contribution in [0.1, 0.15) is 20.8 Å². The number of amides is 1. The van der Waals surface area contributed by atoms with E-state index in [-0.39, 0.29) is 5.91 Å². The molecule has 2 N–H and O–H groups in total. The highest BCUT2D eigenvalue weighted by Gasteiger charge is 2.07. The Morgan fingerprint density at radius 2 is 2.14 bits per heavy atom. The summed E-state index contributed by atoms with van der Waals surface area (Å²) in [6, 6.07) is 11.7. The van der Waals surface area contributed by atoms with Gasteiger partial charge in [0.15, 0.2) is 0 Å². The van der Waals surface area contributed by atoms with E-state index in [0.29, 0.717) is 4.88 Å². The molecular weight excluding hydrogens is 296 g/mol. The molecule has 3 aromatic rings. The maximum Gasteiger partial charge on any atom is 0.281 e. The summed E-state index contributed by atoms with van der Waals surface area (Å²) in [6.07, 6.45) is 3.26. The minimum absolute atomic E-state index is 0.216. The molecule has 0 aliphatic heterocycles. The molecule has 5 nitrogen and oxygen atoms in total. The van der Waals surface area contributed by atoms with Crippen LogP contribution in [0, 0.1) is 6.92 Å². The Hall–Kier alpha value is -2.73. The molecule has 110 valence electrons. The fraction of sp³-hybridized carbons (Fsp3) is 0.0625. The molecule has 0 aliphatic carbocycles.